The molecule has 0 aliphatic carbocycles. The fraction of sp³-hybridized carbons (Fsp3) is 0.250. The topological polar surface area (TPSA) is 92.5 Å². The van der Waals surface area contributed by atoms with Crippen molar-refractivity contribution in [1.82, 2.24) is 0 Å². The number of nitro groups is 1. The molecule has 1 rings (SSSR count). The van der Waals surface area contributed by atoms with Gasteiger partial charge in [0.25, 0.3) is 5.69 Å². The molecule has 1 unspecified atom stereocenters. The van der Waals surface area contributed by atoms with Crippen LogP contribution in [0.1, 0.15) is 23.7 Å². The predicted molar refractivity (Wildman–Crippen MR) is 66.5 cm³/mol. The van der Waals surface area contributed by atoms with Crippen molar-refractivity contribution in [2.75, 3.05) is 5.32 Å². The van der Waals surface area contributed by atoms with E-state index in [-0.39, 0.29) is 5.69 Å². The number of halogens is 1. The zero-order chi connectivity index (χ0) is 14.6. The Bertz CT molecular complexity index is 566. The number of carboxylic acids is 1. The van der Waals surface area contributed by atoms with Crippen molar-refractivity contribution >= 4 is 17.3 Å². The minimum atomic E-state index is -1.51. The molecule has 7 heteroatoms. The van der Waals surface area contributed by atoms with Gasteiger partial charge in [0.1, 0.15) is 11.5 Å². The van der Waals surface area contributed by atoms with Crippen LogP contribution in [0.4, 0.5) is 15.8 Å². The van der Waals surface area contributed by atoms with Crippen LogP contribution in [0.25, 0.3) is 0 Å². The first-order chi connectivity index (χ1) is 8.90. The highest BCUT2D eigenvalue weighted by atomic mass is 19.1. The molecule has 0 saturated carbocycles. The van der Waals surface area contributed by atoms with Gasteiger partial charge in [-0.05, 0) is 12.5 Å². The quantitative estimate of drug-likeness (QED) is 0.484. The van der Waals surface area contributed by atoms with Gasteiger partial charge in [-0.2, -0.15) is 0 Å². The minimum Gasteiger partial charge on any atom is -0.478 e. The average Bonchev–Trinajstić information content (AvgIpc) is 2.36. The lowest BCUT2D eigenvalue weighted by molar-refractivity contribution is -0.384. The van der Waals surface area contributed by atoms with Crippen molar-refractivity contribution in [3.63, 3.8) is 0 Å². The van der Waals surface area contributed by atoms with Gasteiger partial charge in [0.2, 0.25) is 0 Å². The van der Waals surface area contributed by atoms with Crippen LogP contribution in [0.5, 0.6) is 0 Å². The highest BCUT2D eigenvalue weighted by Crippen LogP contribution is 2.28. The molecule has 0 aromatic heterocycles. The summed E-state index contributed by atoms with van der Waals surface area (Å²) in [6.45, 7) is 1.75. The maximum absolute atomic E-state index is 13.4. The van der Waals surface area contributed by atoms with Crippen molar-refractivity contribution in [3.05, 3.63) is 33.6 Å². The molecule has 100 valence electrons. The normalized spacial score (nSPS) is 11.4. The van der Waals surface area contributed by atoms with Gasteiger partial charge in [-0.3, -0.25) is 10.1 Å². The molecule has 0 amide bonds. The smallest absolute Gasteiger partial charge is 0.338 e. The van der Waals surface area contributed by atoms with Crippen molar-refractivity contribution in [2.45, 2.75) is 19.4 Å². The number of terminal acetylenes is 1. The Morgan fingerprint density at radius 1 is 1.68 bits per heavy atom. The highest BCUT2D eigenvalue weighted by molar-refractivity contribution is 5.90. The molecule has 2 N–H and O–H groups in total. The third-order valence-corrected chi connectivity index (χ3v) is 2.45. The second kappa shape index (κ2) is 5.82. The van der Waals surface area contributed by atoms with Crippen LogP contribution < -0.4 is 5.32 Å². The zero-order valence-corrected chi connectivity index (χ0v) is 10.0. The molecule has 0 aliphatic rings. The van der Waals surface area contributed by atoms with Crippen LogP contribution in [0, 0.1) is 28.3 Å². The van der Waals surface area contributed by atoms with E-state index < -0.39 is 34.0 Å². The van der Waals surface area contributed by atoms with E-state index in [0.717, 1.165) is 6.07 Å². The fourth-order valence-corrected chi connectivity index (χ4v) is 1.44. The summed E-state index contributed by atoms with van der Waals surface area (Å²) in [4.78, 5) is 20.8. The van der Waals surface area contributed by atoms with E-state index in [1.165, 1.54) is 0 Å². The number of nitrogens with one attached hydrogen (secondary N) is 1. The Balaban J connectivity index is 3.34. The van der Waals surface area contributed by atoms with E-state index in [2.05, 4.69) is 11.2 Å². The Hall–Kier alpha value is -2.62. The molecule has 0 aliphatic heterocycles. The SMILES string of the molecule is C#CC(CC)Nc1cc(C(=O)O)c(F)cc1[N+](=O)[O-]. The van der Waals surface area contributed by atoms with Crippen molar-refractivity contribution < 1.29 is 19.2 Å². The lowest BCUT2D eigenvalue weighted by Crippen LogP contribution is -2.17. The van der Waals surface area contributed by atoms with E-state index >= 15 is 0 Å². The molecule has 0 saturated heterocycles. The molecule has 0 spiro atoms. The van der Waals surface area contributed by atoms with Gasteiger partial charge in [-0.1, -0.05) is 12.8 Å². The van der Waals surface area contributed by atoms with Gasteiger partial charge < -0.3 is 10.4 Å². The second-order valence-electron chi connectivity index (χ2n) is 3.68. The molecule has 1 atom stereocenters. The van der Waals surface area contributed by atoms with Crippen molar-refractivity contribution in [3.8, 4) is 12.3 Å². The van der Waals surface area contributed by atoms with Gasteiger partial charge in [0, 0.05) is 0 Å². The second-order valence-corrected chi connectivity index (χ2v) is 3.68. The summed E-state index contributed by atoms with van der Waals surface area (Å²) in [5, 5.41) is 22.2. The van der Waals surface area contributed by atoms with Crippen LogP contribution in [0.2, 0.25) is 0 Å². The molecule has 19 heavy (non-hydrogen) atoms. The van der Waals surface area contributed by atoms with E-state index in [4.69, 9.17) is 11.5 Å². The maximum atomic E-state index is 13.4. The Kier molecular flexibility index (Phi) is 4.42. The van der Waals surface area contributed by atoms with Crippen LogP contribution in [0.15, 0.2) is 12.1 Å². The lowest BCUT2D eigenvalue weighted by Gasteiger charge is -2.13. The molecule has 6 nitrogen and oxygen atoms in total. The highest BCUT2D eigenvalue weighted by Gasteiger charge is 2.22. The number of nitrogens with zero attached hydrogens (tertiary/aromatic N) is 1. The van der Waals surface area contributed by atoms with Crippen LogP contribution in [-0.4, -0.2) is 22.0 Å². The fourth-order valence-electron chi connectivity index (χ4n) is 1.44. The van der Waals surface area contributed by atoms with Gasteiger partial charge in [0.15, 0.2) is 0 Å². The van der Waals surface area contributed by atoms with Crippen LogP contribution >= 0.6 is 0 Å². The molecule has 0 heterocycles. The lowest BCUT2D eigenvalue weighted by atomic mass is 10.1. The van der Waals surface area contributed by atoms with E-state index in [1.54, 1.807) is 6.92 Å². The summed E-state index contributed by atoms with van der Waals surface area (Å²) in [6, 6.07) is 0.927. The number of nitro benzene ring substituents is 1. The summed E-state index contributed by atoms with van der Waals surface area (Å²) in [6.07, 6.45) is 5.69. The van der Waals surface area contributed by atoms with Gasteiger partial charge in [-0.25, -0.2) is 9.18 Å². The summed E-state index contributed by atoms with van der Waals surface area (Å²) >= 11 is 0. The molecule has 1 aromatic carbocycles. The Morgan fingerprint density at radius 2 is 2.32 bits per heavy atom. The molecular weight excluding hydrogens is 255 g/mol. The molecule has 1 aromatic rings. The third kappa shape index (κ3) is 3.19. The number of carbonyl (C=O) groups is 1. The number of anilines is 1. The number of aromatic carboxylic acids is 1. The van der Waals surface area contributed by atoms with Gasteiger partial charge >= 0.3 is 5.97 Å². The number of hydrogen-bond acceptors (Lipinski definition) is 4. The Labute approximate surface area is 108 Å². The van der Waals surface area contributed by atoms with Crippen molar-refractivity contribution in [1.29, 1.82) is 0 Å². The maximum Gasteiger partial charge on any atom is 0.338 e. The monoisotopic (exact) mass is 266 g/mol. The van der Waals surface area contributed by atoms with Crippen molar-refractivity contribution in [2.24, 2.45) is 0 Å². The number of rotatable bonds is 5. The summed E-state index contributed by atoms with van der Waals surface area (Å²) in [7, 11) is 0. The number of benzene rings is 1. The van der Waals surface area contributed by atoms with E-state index in [9.17, 15) is 19.3 Å². The molecule has 0 fully saturated rings. The van der Waals surface area contributed by atoms with E-state index in [0.29, 0.717) is 12.5 Å². The molecular formula is C12H11FN2O4. The largest absolute Gasteiger partial charge is 0.478 e. The third-order valence-electron chi connectivity index (χ3n) is 2.45. The first kappa shape index (κ1) is 14.4. The van der Waals surface area contributed by atoms with Gasteiger partial charge in [-0.15, -0.1) is 6.42 Å². The van der Waals surface area contributed by atoms with Crippen LogP contribution in [0.3, 0.4) is 0 Å². The van der Waals surface area contributed by atoms with Crippen LogP contribution in [-0.2, 0) is 0 Å². The number of carboxylic acid groups (broad SMARTS) is 1. The first-order valence-corrected chi connectivity index (χ1v) is 5.34. The zero-order valence-electron chi connectivity index (χ0n) is 10.0. The van der Waals surface area contributed by atoms with Gasteiger partial charge in [0.05, 0.1) is 22.6 Å². The summed E-state index contributed by atoms with van der Waals surface area (Å²) in [5.41, 5.74) is -1.33. The first-order valence-electron chi connectivity index (χ1n) is 5.34. The summed E-state index contributed by atoms with van der Waals surface area (Å²) < 4.78 is 13.4. The minimum absolute atomic E-state index is 0.117. The number of hydrogen-bond donors (Lipinski definition) is 2. The molecule has 0 radical (unpaired) electrons. The predicted octanol–water partition coefficient (Wildman–Crippen LogP) is 2.26. The Morgan fingerprint density at radius 3 is 2.74 bits per heavy atom. The van der Waals surface area contributed by atoms with E-state index in [1.807, 2.05) is 0 Å². The molecule has 0 bridgehead atoms. The summed E-state index contributed by atoms with van der Waals surface area (Å²) in [5.74, 6) is -0.323. The standard InChI is InChI=1S/C12H11FN2O4/c1-3-7(4-2)14-10-5-8(12(16)17)9(13)6-11(10)15(18)19/h1,5-7,14H,4H2,2H3,(H,16,17). The average molecular weight is 266 g/mol.